The molecule has 4 heterocycles. The summed E-state index contributed by atoms with van der Waals surface area (Å²) in [6, 6.07) is 18.7. The third-order valence-corrected chi connectivity index (χ3v) is 8.17. The molecule has 0 bridgehead atoms. The second-order valence-electron chi connectivity index (χ2n) is 9.95. The van der Waals surface area contributed by atoms with E-state index in [1.807, 2.05) is 47.4 Å². The lowest BCUT2D eigenvalue weighted by atomic mass is 9.96. The third kappa shape index (κ3) is 4.93. The number of sulfonamides is 1. The molecule has 10 nitrogen and oxygen atoms in total. The molecule has 0 amide bonds. The topological polar surface area (TPSA) is 107 Å². The van der Waals surface area contributed by atoms with Crippen molar-refractivity contribution >= 4 is 38.7 Å². The van der Waals surface area contributed by atoms with Gasteiger partial charge in [0, 0.05) is 41.1 Å². The average Bonchev–Trinajstić information content (AvgIpc) is 3.63. The van der Waals surface area contributed by atoms with Crippen LogP contribution in [-0.4, -0.2) is 43.2 Å². The SMILES string of the molecule is COc1cc(N2C(=S)N[C@H](c3ccccn3)[C@@H]2c2cc(C)n(-c3ccc4c(c3)OCO4)c2C)ccc1NS(C)(=O)=O. The summed E-state index contributed by atoms with van der Waals surface area (Å²) in [5.41, 5.74) is 6.02. The van der Waals surface area contributed by atoms with E-state index >= 15 is 0 Å². The monoisotopic (exact) mass is 591 g/mol. The van der Waals surface area contributed by atoms with Gasteiger partial charge in [0.25, 0.3) is 0 Å². The summed E-state index contributed by atoms with van der Waals surface area (Å²) in [5, 5.41) is 4.00. The van der Waals surface area contributed by atoms with Crippen LogP contribution in [0.1, 0.15) is 34.7 Å². The van der Waals surface area contributed by atoms with E-state index in [2.05, 4.69) is 39.5 Å². The van der Waals surface area contributed by atoms with Gasteiger partial charge >= 0.3 is 0 Å². The number of fused-ring (bicyclic) bond motifs is 1. The van der Waals surface area contributed by atoms with E-state index in [0.717, 1.165) is 46.0 Å². The molecule has 0 saturated carbocycles. The number of methoxy groups -OCH3 is 1. The van der Waals surface area contributed by atoms with Gasteiger partial charge in [-0.2, -0.15) is 0 Å². The van der Waals surface area contributed by atoms with Gasteiger partial charge < -0.3 is 29.0 Å². The van der Waals surface area contributed by atoms with Gasteiger partial charge in [0.05, 0.1) is 36.8 Å². The van der Waals surface area contributed by atoms with Gasteiger partial charge in [-0.3, -0.25) is 9.71 Å². The number of hydrogen-bond donors (Lipinski definition) is 2. The fourth-order valence-electron chi connectivity index (χ4n) is 5.57. The molecule has 2 aliphatic heterocycles. The maximum atomic E-state index is 11.9. The van der Waals surface area contributed by atoms with E-state index in [9.17, 15) is 8.42 Å². The Morgan fingerprint density at radius 3 is 2.56 bits per heavy atom. The van der Waals surface area contributed by atoms with Crippen molar-refractivity contribution in [2.24, 2.45) is 0 Å². The molecule has 2 aromatic heterocycles. The lowest BCUT2D eigenvalue weighted by Gasteiger charge is -2.29. The highest BCUT2D eigenvalue weighted by molar-refractivity contribution is 7.92. The fraction of sp³-hybridized carbons (Fsp3) is 0.241. The minimum absolute atomic E-state index is 0.210. The van der Waals surface area contributed by atoms with Crippen LogP contribution in [-0.2, 0) is 10.0 Å². The summed E-state index contributed by atoms with van der Waals surface area (Å²) in [4.78, 5) is 6.69. The van der Waals surface area contributed by atoms with Gasteiger partial charge in [-0.15, -0.1) is 0 Å². The first-order valence-electron chi connectivity index (χ1n) is 12.9. The molecule has 2 N–H and O–H groups in total. The molecule has 212 valence electrons. The zero-order valence-corrected chi connectivity index (χ0v) is 24.5. The first-order chi connectivity index (χ1) is 19.6. The van der Waals surface area contributed by atoms with E-state index in [0.29, 0.717) is 22.3 Å². The number of hydrogen-bond acceptors (Lipinski definition) is 7. The van der Waals surface area contributed by atoms with Crippen LogP contribution < -0.4 is 29.1 Å². The van der Waals surface area contributed by atoms with Crippen molar-refractivity contribution < 1.29 is 22.6 Å². The Morgan fingerprint density at radius 2 is 1.83 bits per heavy atom. The second kappa shape index (κ2) is 10.3. The van der Waals surface area contributed by atoms with Crippen LogP contribution in [0.5, 0.6) is 17.2 Å². The molecule has 0 spiro atoms. The lowest BCUT2D eigenvalue weighted by Crippen LogP contribution is -2.29. The molecule has 0 radical (unpaired) electrons. The first kappa shape index (κ1) is 26.9. The van der Waals surface area contributed by atoms with Gasteiger partial charge in [0.1, 0.15) is 5.75 Å². The predicted molar refractivity (Wildman–Crippen MR) is 161 cm³/mol. The maximum absolute atomic E-state index is 11.9. The van der Waals surface area contributed by atoms with Crippen LogP contribution in [0, 0.1) is 13.8 Å². The van der Waals surface area contributed by atoms with Gasteiger partial charge in [0.2, 0.25) is 16.8 Å². The normalized spacial score (nSPS) is 18.0. The second-order valence-corrected chi connectivity index (χ2v) is 12.1. The highest BCUT2D eigenvalue weighted by Crippen LogP contribution is 2.45. The molecule has 41 heavy (non-hydrogen) atoms. The van der Waals surface area contributed by atoms with Crippen molar-refractivity contribution in [1.29, 1.82) is 0 Å². The van der Waals surface area contributed by atoms with Crippen LogP contribution >= 0.6 is 12.2 Å². The summed E-state index contributed by atoms with van der Waals surface area (Å²) in [6.45, 7) is 4.36. The van der Waals surface area contributed by atoms with E-state index < -0.39 is 10.0 Å². The quantitative estimate of drug-likeness (QED) is 0.294. The van der Waals surface area contributed by atoms with Gasteiger partial charge in [-0.05, 0) is 74.1 Å². The number of aromatic nitrogens is 2. The highest BCUT2D eigenvalue weighted by Gasteiger charge is 2.42. The number of anilines is 2. The van der Waals surface area contributed by atoms with Crippen LogP contribution in [0.4, 0.5) is 11.4 Å². The minimum Gasteiger partial charge on any atom is -0.494 e. The van der Waals surface area contributed by atoms with E-state index in [4.69, 9.17) is 26.4 Å². The molecule has 1 saturated heterocycles. The van der Waals surface area contributed by atoms with Crippen LogP contribution in [0.3, 0.4) is 0 Å². The molecule has 2 aliphatic rings. The zero-order chi connectivity index (χ0) is 28.9. The molecular weight excluding hydrogens is 562 g/mol. The third-order valence-electron chi connectivity index (χ3n) is 7.26. The molecule has 2 atom stereocenters. The molecule has 6 rings (SSSR count). The number of aryl methyl sites for hydroxylation is 1. The van der Waals surface area contributed by atoms with Crippen molar-refractivity contribution in [2.45, 2.75) is 25.9 Å². The van der Waals surface area contributed by atoms with Crippen molar-refractivity contribution in [3.05, 3.63) is 89.5 Å². The zero-order valence-electron chi connectivity index (χ0n) is 22.9. The Morgan fingerprint density at radius 1 is 1.05 bits per heavy atom. The molecule has 0 aliphatic carbocycles. The van der Waals surface area contributed by atoms with Crippen molar-refractivity contribution in [3.63, 3.8) is 0 Å². The molecule has 4 aromatic rings. The first-order valence-corrected chi connectivity index (χ1v) is 15.2. The maximum Gasteiger partial charge on any atom is 0.231 e. The highest BCUT2D eigenvalue weighted by atomic mass is 32.2. The average molecular weight is 592 g/mol. The van der Waals surface area contributed by atoms with Gasteiger partial charge in [-0.1, -0.05) is 6.07 Å². The van der Waals surface area contributed by atoms with E-state index in [-0.39, 0.29) is 18.9 Å². The van der Waals surface area contributed by atoms with E-state index in [1.165, 1.54) is 7.11 Å². The van der Waals surface area contributed by atoms with Gasteiger partial charge in [0.15, 0.2) is 16.6 Å². The van der Waals surface area contributed by atoms with Crippen molar-refractivity contribution in [1.82, 2.24) is 14.9 Å². The number of nitrogens with zero attached hydrogens (tertiary/aromatic N) is 3. The Hall–Kier alpha value is -4.29. The summed E-state index contributed by atoms with van der Waals surface area (Å²) in [6.07, 6.45) is 2.87. The molecule has 2 aromatic carbocycles. The number of nitrogens with one attached hydrogen (secondary N) is 2. The molecular formula is C29H29N5O5S2. The smallest absolute Gasteiger partial charge is 0.231 e. The Balaban J connectivity index is 1.48. The number of rotatable bonds is 7. The summed E-state index contributed by atoms with van der Waals surface area (Å²) < 4.78 is 45.2. The summed E-state index contributed by atoms with van der Waals surface area (Å²) >= 11 is 5.90. The number of thiocarbonyl (C=S) groups is 1. The minimum atomic E-state index is -3.50. The predicted octanol–water partition coefficient (Wildman–Crippen LogP) is 4.78. The van der Waals surface area contributed by atoms with Crippen LogP contribution in [0.25, 0.3) is 5.69 Å². The largest absolute Gasteiger partial charge is 0.494 e. The Kier molecular flexibility index (Phi) is 6.74. The standard InChI is InChI=1S/C29H29N5O5S2/c1-17-13-21(18(2)33(17)19-9-11-24-26(15-19)39-16-38-24)28-27(23-7-5-6-12-30-23)31-29(40)34(28)20-8-10-22(25(14-20)37-3)32-41(4,35)36/h5-15,27-28,32H,16H2,1-4H3,(H,31,40)/t27-,28+/m1/s1. The van der Waals surface area contributed by atoms with E-state index in [1.54, 1.807) is 18.3 Å². The summed E-state index contributed by atoms with van der Waals surface area (Å²) in [7, 11) is -2.00. The fourth-order valence-corrected chi connectivity index (χ4v) is 6.49. The van der Waals surface area contributed by atoms with Gasteiger partial charge in [-0.25, -0.2) is 8.42 Å². The number of ether oxygens (including phenoxy) is 3. The van der Waals surface area contributed by atoms with Crippen LogP contribution in [0.2, 0.25) is 0 Å². The Bertz CT molecular complexity index is 1760. The van der Waals surface area contributed by atoms with Crippen molar-refractivity contribution in [3.8, 4) is 22.9 Å². The molecule has 12 heteroatoms. The van der Waals surface area contributed by atoms with Crippen molar-refractivity contribution in [2.75, 3.05) is 29.8 Å². The molecule has 0 unspecified atom stereocenters. The Labute approximate surface area is 243 Å². The van der Waals surface area contributed by atoms with Crippen LogP contribution in [0.15, 0.2) is 66.9 Å². The number of benzene rings is 2. The summed E-state index contributed by atoms with van der Waals surface area (Å²) in [5.74, 6) is 1.82. The number of pyridine rings is 1. The lowest BCUT2D eigenvalue weighted by molar-refractivity contribution is 0.174. The molecule has 1 fully saturated rings.